The predicted molar refractivity (Wildman–Crippen MR) is 71.3 cm³/mol. The highest BCUT2D eigenvalue weighted by atomic mass is 16.5. The van der Waals surface area contributed by atoms with Crippen molar-refractivity contribution in [2.24, 2.45) is 0 Å². The van der Waals surface area contributed by atoms with Crippen LogP contribution in [-0.4, -0.2) is 43.1 Å². The van der Waals surface area contributed by atoms with Crippen molar-refractivity contribution in [3.63, 3.8) is 0 Å². The van der Waals surface area contributed by atoms with E-state index in [1.54, 1.807) is 0 Å². The summed E-state index contributed by atoms with van der Waals surface area (Å²) in [5.74, 6) is -0.524. The first-order valence-electron chi connectivity index (χ1n) is 6.24. The molecule has 0 aliphatic carbocycles. The van der Waals surface area contributed by atoms with Crippen LogP contribution in [0.3, 0.4) is 0 Å². The van der Waals surface area contributed by atoms with Crippen molar-refractivity contribution in [1.82, 2.24) is 30.7 Å². The molecule has 2 aromatic heterocycles. The molecule has 0 aromatic carbocycles. The van der Waals surface area contributed by atoms with Crippen molar-refractivity contribution in [2.75, 3.05) is 5.32 Å². The van der Waals surface area contributed by atoms with Gasteiger partial charge in [-0.1, -0.05) is 13.3 Å². The van der Waals surface area contributed by atoms with Crippen LogP contribution in [0.15, 0.2) is 6.33 Å². The Balaban J connectivity index is 2.01. The zero-order chi connectivity index (χ0) is 15.2. The van der Waals surface area contributed by atoms with Crippen LogP contribution in [-0.2, 0) is 4.79 Å². The topological polar surface area (TPSA) is 145 Å². The standard InChI is InChI=1S/C11H14N7O3/c1-2-3-6(18-21)10(19)17-11(20)16-9-7-8(13-4-12-7)14-5-15-9/h4,6,18,21H,2-3H2,1H3,(H3,12,13,14,15,16,17,19,20). The van der Waals surface area contributed by atoms with Gasteiger partial charge in [0.15, 0.2) is 17.0 Å². The molecule has 0 saturated carbocycles. The number of aromatic amines is 1. The minimum absolute atomic E-state index is 0.121. The number of amides is 3. The Kier molecular flexibility index (Phi) is 4.74. The van der Waals surface area contributed by atoms with Crippen LogP contribution >= 0.6 is 0 Å². The summed E-state index contributed by atoms with van der Waals surface area (Å²) in [6.07, 6.45) is 4.81. The molecular weight excluding hydrogens is 278 g/mol. The third kappa shape index (κ3) is 3.49. The quantitative estimate of drug-likeness (QED) is 0.486. The number of rotatable bonds is 5. The van der Waals surface area contributed by atoms with Crippen molar-refractivity contribution in [1.29, 1.82) is 0 Å². The SMILES string of the molecule is CCCC(NO)C(=O)NC(=O)Nc1n[c]nc2[nH]cnc12. The number of H-pyrrole nitrogens is 1. The van der Waals surface area contributed by atoms with E-state index in [1.807, 2.05) is 12.4 Å². The molecular formula is C11H14N7O3. The Bertz CT molecular complexity index is 642. The van der Waals surface area contributed by atoms with E-state index in [0.29, 0.717) is 24.0 Å². The molecule has 0 aliphatic heterocycles. The third-order valence-corrected chi connectivity index (χ3v) is 2.69. The van der Waals surface area contributed by atoms with Gasteiger partial charge in [-0.15, -0.1) is 0 Å². The number of hydrogen-bond donors (Lipinski definition) is 5. The van der Waals surface area contributed by atoms with Gasteiger partial charge >= 0.3 is 6.03 Å². The van der Waals surface area contributed by atoms with E-state index in [4.69, 9.17) is 5.21 Å². The Labute approximate surface area is 119 Å². The number of anilines is 1. The van der Waals surface area contributed by atoms with Crippen LogP contribution in [0.1, 0.15) is 19.8 Å². The molecule has 10 heteroatoms. The monoisotopic (exact) mass is 292 g/mol. The first-order chi connectivity index (χ1) is 10.2. The summed E-state index contributed by atoms with van der Waals surface area (Å²) in [5.41, 5.74) is 2.61. The van der Waals surface area contributed by atoms with Gasteiger partial charge in [0.05, 0.1) is 6.33 Å². The lowest BCUT2D eigenvalue weighted by Gasteiger charge is -2.13. The van der Waals surface area contributed by atoms with Gasteiger partial charge in [0.2, 0.25) is 12.2 Å². The number of fused-ring (bicyclic) bond motifs is 1. The molecule has 10 nitrogen and oxygen atoms in total. The van der Waals surface area contributed by atoms with Crippen LogP contribution < -0.4 is 16.1 Å². The Hall–Kier alpha value is -2.59. The van der Waals surface area contributed by atoms with Gasteiger partial charge in [0, 0.05) is 0 Å². The highest BCUT2D eigenvalue weighted by molar-refractivity contribution is 6.04. The predicted octanol–water partition coefficient (Wildman–Crippen LogP) is -0.0513. The summed E-state index contributed by atoms with van der Waals surface area (Å²) in [6, 6.07) is -1.64. The zero-order valence-electron chi connectivity index (χ0n) is 11.2. The number of aromatic nitrogens is 4. The molecule has 2 rings (SSSR count). The highest BCUT2D eigenvalue weighted by Gasteiger charge is 2.19. The van der Waals surface area contributed by atoms with Crippen molar-refractivity contribution in [2.45, 2.75) is 25.8 Å². The largest absolute Gasteiger partial charge is 0.329 e. The number of hydrogen-bond acceptors (Lipinski definition) is 7. The molecule has 21 heavy (non-hydrogen) atoms. The Morgan fingerprint density at radius 3 is 3.00 bits per heavy atom. The minimum Gasteiger partial charge on any atom is -0.329 e. The van der Waals surface area contributed by atoms with Gasteiger partial charge in [0.25, 0.3) is 0 Å². The summed E-state index contributed by atoms with van der Waals surface area (Å²) in [5, 5.41) is 13.3. The van der Waals surface area contributed by atoms with Gasteiger partial charge in [-0.3, -0.25) is 15.4 Å². The van der Waals surface area contributed by atoms with Crippen molar-refractivity contribution in [3.05, 3.63) is 12.7 Å². The van der Waals surface area contributed by atoms with Crippen LogP contribution in [0.25, 0.3) is 11.2 Å². The van der Waals surface area contributed by atoms with Crippen molar-refractivity contribution < 1.29 is 14.8 Å². The molecule has 0 bridgehead atoms. The molecule has 2 aromatic rings. The smallest absolute Gasteiger partial charge is 0.327 e. The maximum atomic E-state index is 11.7. The number of nitrogens with zero attached hydrogens (tertiary/aromatic N) is 3. The fraction of sp³-hybridized carbons (Fsp3) is 0.364. The summed E-state index contributed by atoms with van der Waals surface area (Å²) in [4.78, 5) is 37.7. The maximum Gasteiger partial charge on any atom is 0.327 e. The van der Waals surface area contributed by atoms with Gasteiger partial charge in [-0.25, -0.2) is 19.7 Å². The normalized spacial score (nSPS) is 12.1. The first-order valence-corrected chi connectivity index (χ1v) is 6.24. The molecule has 1 radical (unpaired) electrons. The number of hydroxylamine groups is 1. The van der Waals surface area contributed by atoms with E-state index < -0.39 is 18.0 Å². The van der Waals surface area contributed by atoms with E-state index in [2.05, 4.69) is 36.9 Å². The van der Waals surface area contributed by atoms with Gasteiger partial charge in [-0.2, -0.15) is 5.48 Å². The number of urea groups is 1. The molecule has 111 valence electrons. The first kappa shape index (κ1) is 14.8. The van der Waals surface area contributed by atoms with Crippen LogP contribution in [0, 0.1) is 6.33 Å². The maximum absolute atomic E-state index is 11.7. The lowest BCUT2D eigenvalue weighted by atomic mass is 10.2. The summed E-state index contributed by atoms with van der Waals surface area (Å²) in [6.45, 7) is 1.85. The second-order valence-corrected chi connectivity index (χ2v) is 4.19. The molecule has 2 heterocycles. The molecule has 5 N–H and O–H groups in total. The second-order valence-electron chi connectivity index (χ2n) is 4.19. The summed E-state index contributed by atoms with van der Waals surface area (Å²) < 4.78 is 0. The molecule has 1 unspecified atom stereocenters. The molecule has 0 spiro atoms. The van der Waals surface area contributed by atoms with Crippen molar-refractivity contribution in [3.8, 4) is 0 Å². The van der Waals surface area contributed by atoms with E-state index in [-0.39, 0.29) is 5.82 Å². The number of nitrogens with one attached hydrogen (secondary N) is 4. The zero-order valence-corrected chi connectivity index (χ0v) is 11.2. The number of imide groups is 1. The van der Waals surface area contributed by atoms with Gasteiger partial charge in [-0.05, 0) is 6.42 Å². The van der Waals surface area contributed by atoms with Crippen LogP contribution in [0.5, 0.6) is 0 Å². The van der Waals surface area contributed by atoms with E-state index in [0.717, 1.165) is 0 Å². The van der Waals surface area contributed by atoms with Crippen LogP contribution in [0.4, 0.5) is 10.6 Å². The van der Waals surface area contributed by atoms with E-state index in [1.165, 1.54) is 6.33 Å². The lowest BCUT2D eigenvalue weighted by Crippen LogP contribution is -2.46. The fourth-order valence-electron chi connectivity index (χ4n) is 1.69. The average molecular weight is 292 g/mol. The van der Waals surface area contributed by atoms with Crippen molar-refractivity contribution >= 4 is 28.9 Å². The third-order valence-electron chi connectivity index (χ3n) is 2.69. The number of imidazole rings is 1. The molecule has 0 aliphatic rings. The van der Waals surface area contributed by atoms with E-state index in [9.17, 15) is 9.59 Å². The van der Waals surface area contributed by atoms with Gasteiger partial charge in [0.1, 0.15) is 6.04 Å². The molecule has 0 saturated heterocycles. The van der Waals surface area contributed by atoms with Gasteiger partial charge < -0.3 is 10.2 Å². The summed E-state index contributed by atoms with van der Waals surface area (Å²) >= 11 is 0. The molecule has 0 fully saturated rings. The Morgan fingerprint density at radius 1 is 1.48 bits per heavy atom. The number of carbonyl (C=O) groups excluding carboxylic acids is 2. The van der Waals surface area contributed by atoms with E-state index >= 15 is 0 Å². The average Bonchev–Trinajstić information content (AvgIpc) is 2.94. The minimum atomic E-state index is -0.858. The van der Waals surface area contributed by atoms with Crippen LogP contribution in [0.2, 0.25) is 0 Å². The fourth-order valence-corrected chi connectivity index (χ4v) is 1.69. The summed E-state index contributed by atoms with van der Waals surface area (Å²) in [7, 11) is 0. The number of carbonyl (C=O) groups is 2. The molecule has 3 amide bonds. The Morgan fingerprint density at radius 2 is 2.29 bits per heavy atom. The second kappa shape index (κ2) is 6.72. The molecule has 1 atom stereocenters. The highest BCUT2D eigenvalue weighted by Crippen LogP contribution is 2.13. The lowest BCUT2D eigenvalue weighted by molar-refractivity contribution is -0.124.